The maximum Gasteiger partial charge on any atom is 0.212 e. The van der Waals surface area contributed by atoms with Crippen LogP contribution < -0.4 is 4.74 Å². The van der Waals surface area contributed by atoms with Crippen LogP contribution in [-0.2, 0) is 11.8 Å². The number of rotatable bonds is 6. The highest BCUT2D eigenvalue weighted by atomic mass is 16.5. The van der Waals surface area contributed by atoms with Crippen LogP contribution in [-0.4, -0.2) is 50.6 Å². The maximum atomic E-state index is 5.32. The van der Waals surface area contributed by atoms with E-state index in [4.69, 9.17) is 9.47 Å². The van der Waals surface area contributed by atoms with E-state index in [1.807, 2.05) is 25.4 Å². The molecule has 0 unspecified atom stereocenters. The number of methoxy groups -OCH3 is 2. The second kappa shape index (κ2) is 6.57. The van der Waals surface area contributed by atoms with Crippen molar-refractivity contribution in [3.05, 3.63) is 42.5 Å². The molecule has 0 saturated carbocycles. The molecular formula is C15H18N6O2. The molecule has 1 atom stereocenters. The van der Waals surface area contributed by atoms with E-state index < -0.39 is 0 Å². The van der Waals surface area contributed by atoms with Gasteiger partial charge in [-0.2, -0.15) is 5.10 Å². The Morgan fingerprint density at radius 2 is 2.09 bits per heavy atom. The summed E-state index contributed by atoms with van der Waals surface area (Å²) in [5.41, 5.74) is 2.61. The van der Waals surface area contributed by atoms with Crippen LogP contribution in [0.4, 0.5) is 0 Å². The Kier molecular flexibility index (Phi) is 4.33. The Labute approximate surface area is 133 Å². The third-order valence-corrected chi connectivity index (χ3v) is 3.60. The van der Waals surface area contributed by atoms with Gasteiger partial charge in [-0.1, -0.05) is 5.21 Å². The molecule has 0 saturated heterocycles. The van der Waals surface area contributed by atoms with Crippen LogP contribution in [0, 0.1) is 0 Å². The molecule has 8 heteroatoms. The van der Waals surface area contributed by atoms with Crippen LogP contribution in [0.1, 0.15) is 11.7 Å². The van der Waals surface area contributed by atoms with Gasteiger partial charge in [0.15, 0.2) is 0 Å². The van der Waals surface area contributed by atoms with Crippen molar-refractivity contribution in [2.75, 3.05) is 20.8 Å². The van der Waals surface area contributed by atoms with Crippen molar-refractivity contribution < 1.29 is 9.47 Å². The lowest BCUT2D eigenvalue weighted by atomic mass is 10.2. The highest BCUT2D eigenvalue weighted by molar-refractivity contribution is 5.56. The van der Waals surface area contributed by atoms with Crippen molar-refractivity contribution in [2.24, 2.45) is 7.05 Å². The zero-order valence-corrected chi connectivity index (χ0v) is 13.2. The van der Waals surface area contributed by atoms with Crippen molar-refractivity contribution in [2.45, 2.75) is 6.04 Å². The van der Waals surface area contributed by atoms with E-state index in [1.165, 1.54) is 0 Å². The van der Waals surface area contributed by atoms with Gasteiger partial charge in [0.2, 0.25) is 5.88 Å². The summed E-state index contributed by atoms with van der Waals surface area (Å²) >= 11 is 0. The number of nitrogens with zero attached hydrogens (tertiary/aromatic N) is 6. The zero-order valence-electron chi connectivity index (χ0n) is 13.2. The molecule has 3 heterocycles. The fraction of sp³-hybridized carbons (Fsp3) is 0.333. The van der Waals surface area contributed by atoms with E-state index in [-0.39, 0.29) is 6.04 Å². The molecule has 0 aliphatic heterocycles. The van der Waals surface area contributed by atoms with Crippen LogP contribution in [0.5, 0.6) is 5.88 Å². The Hall–Kier alpha value is -2.74. The number of aryl methyl sites for hydroxylation is 1. The van der Waals surface area contributed by atoms with Gasteiger partial charge in [-0.05, 0) is 12.1 Å². The SMILES string of the molecule is COC[C@H](c1ccnn1C)n1cc(-c2ccc(OC)nc2)nn1. The second-order valence-electron chi connectivity index (χ2n) is 5.02. The van der Waals surface area contributed by atoms with Gasteiger partial charge in [-0.25, -0.2) is 9.67 Å². The van der Waals surface area contributed by atoms with Crippen LogP contribution >= 0.6 is 0 Å². The third kappa shape index (κ3) is 3.07. The number of hydrogen-bond donors (Lipinski definition) is 0. The fourth-order valence-electron chi connectivity index (χ4n) is 2.38. The first-order valence-electron chi connectivity index (χ1n) is 7.12. The molecule has 0 fully saturated rings. The standard InChI is InChI=1S/C15H18N6O2/c1-20-13(6-7-17-20)14(10-22-2)21-9-12(18-19-21)11-4-5-15(23-3)16-8-11/h4-9,14H,10H2,1-3H3/t14-/m1/s1. The molecule has 0 aliphatic carbocycles. The Balaban J connectivity index is 1.90. The lowest BCUT2D eigenvalue weighted by molar-refractivity contribution is 0.160. The predicted molar refractivity (Wildman–Crippen MR) is 83.0 cm³/mol. The molecule has 0 bridgehead atoms. The van der Waals surface area contributed by atoms with Crippen LogP contribution in [0.2, 0.25) is 0 Å². The lowest BCUT2D eigenvalue weighted by Crippen LogP contribution is -2.19. The average molecular weight is 314 g/mol. The number of ether oxygens (including phenoxy) is 2. The third-order valence-electron chi connectivity index (χ3n) is 3.60. The smallest absolute Gasteiger partial charge is 0.212 e. The summed E-state index contributed by atoms with van der Waals surface area (Å²) in [6, 6.07) is 5.54. The Bertz CT molecular complexity index is 764. The number of aromatic nitrogens is 6. The van der Waals surface area contributed by atoms with Gasteiger partial charge >= 0.3 is 0 Å². The second-order valence-corrected chi connectivity index (χ2v) is 5.02. The van der Waals surface area contributed by atoms with E-state index in [2.05, 4.69) is 20.4 Å². The summed E-state index contributed by atoms with van der Waals surface area (Å²) < 4.78 is 14.0. The summed E-state index contributed by atoms with van der Waals surface area (Å²) in [6.45, 7) is 0.475. The van der Waals surface area contributed by atoms with Crippen LogP contribution in [0.3, 0.4) is 0 Å². The first-order chi connectivity index (χ1) is 11.2. The fourth-order valence-corrected chi connectivity index (χ4v) is 2.38. The van der Waals surface area contributed by atoms with Crippen LogP contribution in [0.25, 0.3) is 11.3 Å². The van der Waals surface area contributed by atoms with E-state index in [0.29, 0.717) is 12.5 Å². The highest BCUT2D eigenvalue weighted by Crippen LogP contribution is 2.22. The summed E-state index contributed by atoms with van der Waals surface area (Å²) in [7, 11) is 5.14. The van der Waals surface area contributed by atoms with Crippen molar-refractivity contribution >= 4 is 0 Å². The minimum Gasteiger partial charge on any atom is -0.481 e. The molecule has 23 heavy (non-hydrogen) atoms. The maximum absolute atomic E-state index is 5.32. The van der Waals surface area contributed by atoms with Gasteiger partial charge in [0.05, 0.1) is 25.6 Å². The van der Waals surface area contributed by atoms with Crippen molar-refractivity contribution in [3.63, 3.8) is 0 Å². The van der Waals surface area contributed by atoms with Gasteiger partial charge in [0, 0.05) is 38.2 Å². The van der Waals surface area contributed by atoms with Gasteiger partial charge in [-0.15, -0.1) is 5.10 Å². The van der Waals surface area contributed by atoms with Gasteiger partial charge in [0.25, 0.3) is 0 Å². The average Bonchev–Trinajstić information content (AvgIpc) is 3.22. The molecule has 0 amide bonds. The van der Waals surface area contributed by atoms with Crippen molar-refractivity contribution in [1.29, 1.82) is 0 Å². The number of hydrogen-bond acceptors (Lipinski definition) is 6. The topological polar surface area (TPSA) is 79.9 Å². The van der Waals surface area contributed by atoms with Crippen molar-refractivity contribution in [3.8, 4) is 17.1 Å². The van der Waals surface area contributed by atoms with Gasteiger partial charge in [-0.3, -0.25) is 4.68 Å². The molecule has 3 rings (SSSR count). The van der Waals surface area contributed by atoms with E-state index in [0.717, 1.165) is 17.0 Å². The molecule has 3 aromatic rings. The van der Waals surface area contributed by atoms with Gasteiger partial charge < -0.3 is 9.47 Å². The molecule has 0 N–H and O–H groups in total. The summed E-state index contributed by atoms with van der Waals surface area (Å²) in [6.07, 6.45) is 5.34. The molecule has 0 aliphatic rings. The molecule has 120 valence electrons. The zero-order chi connectivity index (χ0) is 16.2. The summed E-state index contributed by atoms with van der Waals surface area (Å²) in [5.74, 6) is 0.563. The minimum absolute atomic E-state index is 0.0973. The predicted octanol–water partition coefficient (Wildman–Crippen LogP) is 1.32. The quantitative estimate of drug-likeness (QED) is 0.682. The van der Waals surface area contributed by atoms with E-state index >= 15 is 0 Å². The first kappa shape index (κ1) is 15.2. The minimum atomic E-state index is -0.0973. The highest BCUT2D eigenvalue weighted by Gasteiger charge is 2.19. The molecule has 0 radical (unpaired) electrons. The van der Waals surface area contributed by atoms with Gasteiger partial charge in [0.1, 0.15) is 11.7 Å². The molecule has 3 aromatic heterocycles. The largest absolute Gasteiger partial charge is 0.481 e. The normalized spacial score (nSPS) is 12.3. The first-order valence-corrected chi connectivity index (χ1v) is 7.12. The van der Waals surface area contributed by atoms with E-state index in [1.54, 1.807) is 42.0 Å². The Morgan fingerprint density at radius 3 is 2.70 bits per heavy atom. The summed E-state index contributed by atoms with van der Waals surface area (Å²) in [4.78, 5) is 4.19. The monoisotopic (exact) mass is 314 g/mol. The molecule has 0 spiro atoms. The van der Waals surface area contributed by atoms with Crippen molar-refractivity contribution in [1.82, 2.24) is 29.8 Å². The van der Waals surface area contributed by atoms with E-state index in [9.17, 15) is 0 Å². The Morgan fingerprint density at radius 1 is 1.22 bits per heavy atom. The summed E-state index contributed by atoms with van der Waals surface area (Å²) in [5, 5.41) is 12.7. The molecular weight excluding hydrogens is 296 g/mol. The molecule has 0 aromatic carbocycles. The molecule has 8 nitrogen and oxygen atoms in total. The lowest BCUT2D eigenvalue weighted by Gasteiger charge is -2.16. The number of pyridine rings is 1. The van der Waals surface area contributed by atoms with Crippen LogP contribution in [0.15, 0.2) is 36.8 Å².